The van der Waals surface area contributed by atoms with E-state index in [4.69, 9.17) is 9.47 Å². The number of tetrazole rings is 1. The second-order valence-electron chi connectivity index (χ2n) is 3.61. The molecule has 0 aliphatic heterocycles. The van der Waals surface area contributed by atoms with Gasteiger partial charge in [0.25, 0.3) is 0 Å². The van der Waals surface area contributed by atoms with Gasteiger partial charge < -0.3 is 14.8 Å². The van der Waals surface area contributed by atoms with Crippen molar-refractivity contribution >= 4 is 12.4 Å². The van der Waals surface area contributed by atoms with Crippen LogP contribution in [0.25, 0.3) is 5.69 Å². The molecule has 0 saturated carbocycles. The Kier molecular flexibility index (Phi) is 5.53. The summed E-state index contributed by atoms with van der Waals surface area (Å²) in [4.78, 5) is 0. The van der Waals surface area contributed by atoms with E-state index in [1.54, 1.807) is 25.0 Å². The molecular weight excluding hydrogens is 270 g/mol. The third-order valence-corrected chi connectivity index (χ3v) is 2.45. The van der Waals surface area contributed by atoms with E-state index in [2.05, 4.69) is 20.8 Å². The molecule has 104 valence electrons. The van der Waals surface area contributed by atoms with E-state index in [0.717, 1.165) is 5.69 Å². The SMILES string of the molecule is CNCc1nnnn1-c1cc(OC)cc(OC)c1.Cl. The Hall–Kier alpha value is -1.86. The molecule has 1 N–H and O–H groups in total. The van der Waals surface area contributed by atoms with Gasteiger partial charge in [0.2, 0.25) is 0 Å². The molecule has 1 aromatic carbocycles. The Labute approximate surface area is 117 Å². The van der Waals surface area contributed by atoms with Crippen LogP contribution in [-0.4, -0.2) is 41.5 Å². The first kappa shape index (κ1) is 15.2. The first-order chi connectivity index (χ1) is 8.78. The van der Waals surface area contributed by atoms with Gasteiger partial charge in [0.05, 0.1) is 26.5 Å². The van der Waals surface area contributed by atoms with E-state index in [1.807, 2.05) is 19.2 Å². The molecule has 19 heavy (non-hydrogen) atoms. The lowest BCUT2D eigenvalue weighted by atomic mass is 10.2. The maximum Gasteiger partial charge on any atom is 0.170 e. The molecule has 7 nitrogen and oxygen atoms in total. The topological polar surface area (TPSA) is 74.1 Å². The van der Waals surface area contributed by atoms with Gasteiger partial charge in [-0.2, -0.15) is 4.68 Å². The van der Waals surface area contributed by atoms with Gasteiger partial charge in [-0.15, -0.1) is 17.5 Å². The van der Waals surface area contributed by atoms with Crippen LogP contribution >= 0.6 is 12.4 Å². The molecule has 0 fully saturated rings. The van der Waals surface area contributed by atoms with Crippen LogP contribution in [0.4, 0.5) is 0 Å². The van der Waals surface area contributed by atoms with Gasteiger partial charge in [-0.05, 0) is 17.5 Å². The van der Waals surface area contributed by atoms with E-state index < -0.39 is 0 Å². The van der Waals surface area contributed by atoms with Gasteiger partial charge in [0.1, 0.15) is 11.5 Å². The van der Waals surface area contributed by atoms with Gasteiger partial charge >= 0.3 is 0 Å². The Morgan fingerprint density at radius 3 is 2.32 bits per heavy atom. The predicted molar refractivity (Wildman–Crippen MR) is 72.3 cm³/mol. The number of benzene rings is 1. The zero-order valence-corrected chi connectivity index (χ0v) is 11.8. The van der Waals surface area contributed by atoms with Crippen molar-refractivity contribution in [2.45, 2.75) is 6.54 Å². The fourth-order valence-electron chi connectivity index (χ4n) is 1.59. The average Bonchev–Trinajstić information content (AvgIpc) is 2.87. The van der Waals surface area contributed by atoms with E-state index in [9.17, 15) is 0 Å². The molecule has 0 radical (unpaired) electrons. The highest BCUT2D eigenvalue weighted by Gasteiger charge is 2.10. The third-order valence-electron chi connectivity index (χ3n) is 2.45. The quantitative estimate of drug-likeness (QED) is 0.877. The van der Waals surface area contributed by atoms with E-state index in [0.29, 0.717) is 23.9 Å². The Morgan fingerprint density at radius 1 is 1.16 bits per heavy atom. The fraction of sp³-hybridized carbons (Fsp3) is 0.364. The van der Waals surface area contributed by atoms with Crippen molar-refractivity contribution in [3.63, 3.8) is 0 Å². The molecule has 2 aromatic rings. The average molecular weight is 286 g/mol. The summed E-state index contributed by atoms with van der Waals surface area (Å²) in [5, 5.41) is 14.6. The highest BCUT2D eigenvalue weighted by atomic mass is 35.5. The number of hydrogen-bond donors (Lipinski definition) is 1. The number of halogens is 1. The van der Waals surface area contributed by atoms with Gasteiger partial charge in [-0.25, -0.2) is 0 Å². The highest BCUT2D eigenvalue weighted by molar-refractivity contribution is 5.85. The van der Waals surface area contributed by atoms with Crippen LogP contribution in [0.3, 0.4) is 0 Å². The van der Waals surface area contributed by atoms with Crippen LogP contribution in [0, 0.1) is 0 Å². The van der Waals surface area contributed by atoms with Crippen molar-refractivity contribution in [1.82, 2.24) is 25.5 Å². The molecule has 2 rings (SSSR count). The van der Waals surface area contributed by atoms with Crippen LogP contribution in [0.15, 0.2) is 18.2 Å². The standard InChI is InChI=1S/C11H15N5O2.ClH/c1-12-7-11-13-14-15-16(11)8-4-9(17-2)6-10(5-8)18-3;/h4-6,12H,7H2,1-3H3;1H. The molecule has 0 atom stereocenters. The Balaban J connectivity index is 0.00000180. The molecule has 0 aliphatic rings. The lowest BCUT2D eigenvalue weighted by Gasteiger charge is -2.09. The molecule has 0 bridgehead atoms. The lowest BCUT2D eigenvalue weighted by molar-refractivity contribution is 0.393. The second-order valence-corrected chi connectivity index (χ2v) is 3.61. The minimum absolute atomic E-state index is 0. The van der Waals surface area contributed by atoms with Gasteiger partial charge in [-0.1, -0.05) is 0 Å². The summed E-state index contributed by atoms with van der Waals surface area (Å²) in [5.41, 5.74) is 0.793. The molecule has 8 heteroatoms. The zero-order valence-electron chi connectivity index (χ0n) is 11.0. The molecule has 1 aromatic heterocycles. The minimum Gasteiger partial charge on any atom is -0.497 e. The van der Waals surface area contributed by atoms with Crippen molar-refractivity contribution in [3.8, 4) is 17.2 Å². The van der Waals surface area contributed by atoms with Crippen molar-refractivity contribution < 1.29 is 9.47 Å². The summed E-state index contributed by atoms with van der Waals surface area (Å²) in [6.45, 7) is 0.576. The van der Waals surface area contributed by atoms with Crippen LogP contribution in [0.5, 0.6) is 11.5 Å². The maximum absolute atomic E-state index is 5.22. The van der Waals surface area contributed by atoms with Gasteiger partial charge in [0, 0.05) is 18.2 Å². The molecule has 0 aliphatic carbocycles. The van der Waals surface area contributed by atoms with Crippen molar-refractivity contribution in [1.29, 1.82) is 0 Å². The molecular formula is C11H16ClN5O2. The second kappa shape index (κ2) is 6.91. The largest absolute Gasteiger partial charge is 0.497 e. The molecule has 0 saturated heterocycles. The number of ether oxygens (including phenoxy) is 2. The third kappa shape index (κ3) is 3.33. The van der Waals surface area contributed by atoms with Crippen LogP contribution in [0.1, 0.15) is 5.82 Å². The van der Waals surface area contributed by atoms with Crippen LogP contribution in [0.2, 0.25) is 0 Å². The van der Waals surface area contributed by atoms with Crippen molar-refractivity contribution in [3.05, 3.63) is 24.0 Å². The summed E-state index contributed by atoms with van der Waals surface area (Å²) < 4.78 is 12.1. The maximum atomic E-state index is 5.22. The minimum atomic E-state index is 0. The van der Waals surface area contributed by atoms with Crippen molar-refractivity contribution in [2.24, 2.45) is 0 Å². The van der Waals surface area contributed by atoms with E-state index in [-0.39, 0.29) is 12.4 Å². The zero-order chi connectivity index (χ0) is 13.0. The number of methoxy groups -OCH3 is 2. The number of rotatable bonds is 5. The first-order valence-corrected chi connectivity index (χ1v) is 5.43. The number of hydrogen-bond acceptors (Lipinski definition) is 6. The predicted octanol–water partition coefficient (Wildman–Crippen LogP) is 0.821. The molecule has 0 unspecified atom stereocenters. The van der Waals surface area contributed by atoms with Gasteiger partial charge in [-0.3, -0.25) is 0 Å². The molecule has 1 heterocycles. The number of nitrogens with one attached hydrogen (secondary N) is 1. The van der Waals surface area contributed by atoms with Crippen LogP contribution in [-0.2, 0) is 6.54 Å². The highest BCUT2D eigenvalue weighted by Crippen LogP contribution is 2.24. The lowest BCUT2D eigenvalue weighted by Crippen LogP contribution is -2.12. The smallest absolute Gasteiger partial charge is 0.170 e. The molecule has 0 spiro atoms. The van der Waals surface area contributed by atoms with E-state index in [1.165, 1.54) is 0 Å². The first-order valence-electron chi connectivity index (χ1n) is 5.43. The van der Waals surface area contributed by atoms with Crippen molar-refractivity contribution in [2.75, 3.05) is 21.3 Å². The Morgan fingerprint density at radius 2 is 1.79 bits per heavy atom. The fourth-order valence-corrected chi connectivity index (χ4v) is 1.59. The van der Waals surface area contributed by atoms with Crippen LogP contribution < -0.4 is 14.8 Å². The summed E-state index contributed by atoms with van der Waals surface area (Å²) in [5.74, 6) is 2.10. The Bertz CT molecular complexity index is 509. The summed E-state index contributed by atoms with van der Waals surface area (Å²) in [7, 11) is 5.05. The number of aromatic nitrogens is 4. The van der Waals surface area contributed by atoms with Gasteiger partial charge in [0.15, 0.2) is 5.82 Å². The normalized spacial score (nSPS) is 9.84. The monoisotopic (exact) mass is 285 g/mol. The summed E-state index contributed by atoms with van der Waals surface area (Å²) in [6.07, 6.45) is 0. The van der Waals surface area contributed by atoms with E-state index >= 15 is 0 Å². The summed E-state index contributed by atoms with van der Waals surface area (Å²) in [6, 6.07) is 5.49. The summed E-state index contributed by atoms with van der Waals surface area (Å²) >= 11 is 0. The molecule has 0 amide bonds. The number of nitrogens with zero attached hydrogens (tertiary/aromatic N) is 4.